The molecule has 1 aromatic carbocycles. The lowest BCUT2D eigenvalue weighted by Crippen LogP contribution is -2.08. The lowest BCUT2D eigenvalue weighted by atomic mass is 10.0. The van der Waals surface area contributed by atoms with Crippen molar-refractivity contribution < 1.29 is 4.79 Å². The van der Waals surface area contributed by atoms with Crippen LogP contribution in [0.1, 0.15) is 38.5 Å². The maximum Gasteiger partial charge on any atom is 0.200 e. The van der Waals surface area contributed by atoms with E-state index < -0.39 is 0 Å². The monoisotopic (exact) mass is 260 g/mol. The van der Waals surface area contributed by atoms with Crippen molar-refractivity contribution in [2.45, 2.75) is 43.4 Å². The van der Waals surface area contributed by atoms with Gasteiger partial charge in [-0.1, -0.05) is 61.4 Å². The molecule has 1 nitrogen and oxygen atoms in total. The average molecular weight is 260 g/mol. The molecule has 0 spiro atoms. The minimum absolute atomic E-state index is 0.105. The fraction of sp³-hybridized carbons (Fsp3) is 0.438. The van der Waals surface area contributed by atoms with E-state index >= 15 is 0 Å². The van der Waals surface area contributed by atoms with Gasteiger partial charge in [-0.25, -0.2) is 0 Å². The highest BCUT2D eigenvalue weighted by atomic mass is 32.2. The third-order valence-electron chi connectivity index (χ3n) is 3.27. The minimum Gasteiger partial charge on any atom is -0.286 e. The van der Waals surface area contributed by atoms with Crippen LogP contribution in [0.5, 0.6) is 0 Å². The van der Waals surface area contributed by atoms with Gasteiger partial charge in [0.25, 0.3) is 0 Å². The van der Waals surface area contributed by atoms with Gasteiger partial charge in [-0.2, -0.15) is 0 Å². The smallest absolute Gasteiger partial charge is 0.200 e. The van der Waals surface area contributed by atoms with Crippen LogP contribution in [0.25, 0.3) is 0 Å². The van der Waals surface area contributed by atoms with Gasteiger partial charge in [0.2, 0.25) is 5.12 Å². The highest BCUT2D eigenvalue weighted by Crippen LogP contribution is 2.26. The number of thioether (sulfide) groups is 1. The first-order valence-corrected chi connectivity index (χ1v) is 7.61. The first-order valence-electron chi connectivity index (χ1n) is 6.79. The zero-order chi connectivity index (χ0) is 12.6. The van der Waals surface area contributed by atoms with Gasteiger partial charge in [0.1, 0.15) is 0 Å². The van der Waals surface area contributed by atoms with Crippen molar-refractivity contribution in [2.75, 3.05) is 0 Å². The quantitative estimate of drug-likeness (QED) is 0.559. The van der Waals surface area contributed by atoms with Crippen molar-refractivity contribution in [3.8, 4) is 0 Å². The van der Waals surface area contributed by atoms with E-state index in [-0.39, 0.29) is 5.92 Å². The Hall–Kier alpha value is -1.02. The normalized spacial score (nSPS) is 22.6. The first kappa shape index (κ1) is 13.4. The van der Waals surface area contributed by atoms with E-state index in [1.54, 1.807) is 0 Å². The predicted molar refractivity (Wildman–Crippen MR) is 77.6 cm³/mol. The molecular formula is C16H20OS. The fourth-order valence-electron chi connectivity index (χ4n) is 2.21. The molecule has 2 rings (SSSR count). The zero-order valence-electron chi connectivity index (χ0n) is 10.7. The highest BCUT2D eigenvalue weighted by molar-refractivity contribution is 8.13. The maximum atomic E-state index is 12.3. The van der Waals surface area contributed by atoms with Gasteiger partial charge in [0.05, 0.1) is 0 Å². The lowest BCUT2D eigenvalue weighted by molar-refractivity contribution is -0.113. The molecule has 0 radical (unpaired) electrons. The molecule has 0 saturated heterocycles. The topological polar surface area (TPSA) is 17.1 Å². The SMILES string of the molecule is O=C(Sc1ccccc1)C1/C=C\CCCCCC1. The van der Waals surface area contributed by atoms with E-state index in [4.69, 9.17) is 0 Å². The standard InChI is InChI=1S/C16H20OS/c17-16(18-15-12-8-5-9-13-15)14-10-6-3-1-2-4-7-11-14/h5-6,8-10,12-14H,1-4,7,11H2/b10-6-. The molecule has 0 amide bonds. The van der Waals surface area contributed by atoms with Crippen LogP contribution in [0.3, 0.4) is 0 Å². The second kappa shape index (κ2) is 7.42. The third kappa shape index (κ3) is 4.34. The molecule has 1 atom stereocenters. The molecule has 1 aliphatic rings. The van der Waals surface area contributed by atoms with Crippen molar-refractivity contribution in [3.63, 3.8) is 0 Å². The van der Waals surface area contributed by atoms with Gasteiger partial charge in [-0.05, 0) is 31.4 Å². The Morgan fingerprint density at radius 3 is 2.67 bits per heavy atom. The van der Waals surface area contributed by atoms with E-state index in [1.165, 1.54) is 37.4 Å². The van der Waals surface area contributed by atoms with Gasteiger partial charge < -0.3 is 0 Å². The number of allylic oxidation sites excluding steroid dienone is 2. The Kier molecular flexibility index (Phi) is 5.53. The fourth-order valence-corrected chi connectivity index (χ4v) is 3.09. The van der Waals surface area contributed by atoms with Crippen LogP contribution < -0.4 is 0 Å². The van der Waals surface area contributed by atoms with Crippen molar-refractivity contribution in [3.05, 3.63) is 42.5 Å². The summed E-state index contributed by atoms with van der Waals surface area (Å²) in [7, 11) is 0. The molecule has 0 aliphatic heterocycles. The Balaban J connectivity index is 1.95. The summed E-state index contributed by atoms with van der Waals surface area (Å²) in [6.45, 7) is 0. The molecule has 96 valence electrons. The summed E-state index contributed by atoms with van der Waals surface area (Å²) >= 11 is 1.38. The molecule has 1 aliphatic carbocycles. The summed E-state index contributed by atoms with van der Waals surface area (Å²) in [5.74, 6) is 0.105. The summed E-state index contributed by atoms with van der Waals surface area (Å²) in [4.78, 5) is 13.3. The van der Waals surface area contributed by atoms with E-state index in [1.807, 2.05) is 30.3 Å². The number of hydrogen-bond acceptors (Lipinski definition) is 2. The molecule has 0 aromatic heterocycles. The molecule has 0 heterocycles. The molecule has 1 unspecified atom stereocenters. The van der Waals surface area contributed by atoms with Crippen LogP contribution >= 0.6 is 11.8 Å². The van der Waals surface area contributed by atoms with Crippen molar-refractivity contribution >= 4 is 16.9 Å². The Bertz CT molecular complexity index is 397. The largest absolute Gasteiger partial charge is 0.286 e. The third-order valence-corrected chi connectivity index (χ3v) is 4.28. The Morgan fingerprint density at radius 2 is 1.83 bits per heavy atom. The number of carbonyl (C=O) groups excluding carboxylic acids is 1. The number of carbonyl (C=O) groups is 1. The van der Waals surface area contributed by atoms with E-state index in [0.717, 1.165) is 17.7 Å². The van der Waals surface area contributed by atoms with Gasteiger partial charge in [0, 0.05) is 10.8 Å². The minimum atomic E-state index is 0.105. The molecule has 0 saturated carbocycles. The maximum absolute atomic E-state index is 12.3. The summed E-state index contributed by atoms with van der Waals surface area (Å²) in [5.41, 5.74) is 0. The molecule has 18 heavy (non-hydrogen) atoms. The summed E-state index contributed by atoms with van der Waals surface area (Å²) < 4.78 is 0. The summed E-state index contributed by atoms with van der Waals surface area (Å²) in [6, 6.07) is 9.94. The molecule has 2 heteroatoms. The second-order valence-corrected chi connectivity index (χ2v) is 5.84. The van der Waals surface area contributed by atoms with Gasteiger partial charge in [-0.15, -0.1) is 0 Å². The molecule has 1 aromatic rings. The van der Waals surface area contributed by atoms with Gasteiger partial charge >= 0.3 is 0 Å². The lowest BCUT2D eigenvalue weighted by Gasteiger charge is -2.10. The van der Waals surface area contributed by atoms with Crippen LogP contribution in [0, 0.1) is 5.92 Å². The van der Waals surface area contributed by atoms with Crippen LogP contribution in [0.15, 0.2) is 47.4 Å². The van der Waals surface area contributed by atoms with E-state index in [2.05, 4.69) is 12.2 Å². The van der Waals surface area contributed by atoms with Crippen LogP contribution in [-0.2, 0) is 4.79 Å². The second-order valence-electron chi connectivity index (χ2n) is 4.76. The summed E-state index contributed by atoms with van der Waals surface area (Å²) in [6.07, 6.45) is 11.5. The first-order chi connectivity index (χ1) is 8.86. The van der Waals surface area contributed by atoms with Crippen LogP contribution in [0.4, 0.5) is 0 Å². The molecule has 0 bridgehead atoms. The van der Waals surface area contributed by atoms with Crippen molar-refractivity contribution in [1.29, 1.82) is 0 Å². The van der Waals surface area contributed by atoms with E-state index in [0.29, 0.717) is 5.12 Å². The van der Waals surface area contributed by atoms with Crippen LogP contribution in [-0.4, -0.2) is 5.12 Å². The van der Waals surface area contributed by atoms with E-state index in [9.17, 15) is 4.79 Å². The molecular weight excluding hydrogens is 240 g/mol. The Labute approximate surface area is 114 Å². The predicted octanol–water partition coefficient (Wildman–Crippen LogP) is 4.83. The molecule has 0 fully saturated rings. The zero-order valence-corrected chi connectivity index (χ0v) is 11.5. The highest BCUT2D eigenvalue weighted by Gasteiger charge is 2.16. The van der Waals surface area contributed by atoms with Crippen LogP contribution in [0.2, 0.25) is 0 Å². The average Bonchev–Trinajstić information content (AvgIpc) is 2.53. The summed E-state index contributed by atoms with van der Waals surface area (Å²) in [5, 5.41) is 0.291. The van der Waals surface area contributed by atoms with Crippen molar-refractivity contribution in [1.82, 2.24) is 0 Å². The van der Waals surface area contributed by atoms with Crippen molar-refractivity contribution in [2.24, 2.45) is 5.92 Å². The van der Waals surface area contributed by atoms with Gasteiger partial charge in [0.15, 0.2) is 0 Å². The number of rotatable bonds is 2. The number of benzene rings is 1. The Morgan fingerprint density at radius 1 is 1.06 bits per heavy atom. The van der Waals surface area contributed by atoms with Gasteiger partial charge in [-0.3, -0.25) is 4.79 Å². The molecule has 0 N–H and O–H groups in total. The number of hydrogen-bond donors (Lipinski definition) is 0.